The molecular formula is C14H20F3NO2. The first-order valence-corrected chi connectivity index (χ1v) is 6.39. The Morgan fingerprint density at radius 1 is 1.25 bits per heavy atom. The molecule has 114 valence electrons. The zero-order valence-electron chi connectivity index (χ0n) is 11.9. The second-order valence-electron chi connectivity index (χ2n) is 4.88. The molecule has 0 fully saturated rings. The van der Waals surface area contributed by atoms with Crippen molar-refractivity contribution in [2.24, 2.45) is 5.92 Å². The summed E-state index contributed by atoms with van der Waals surface area (Å²) in [5.41, 5.74) is 0.647. The molecule has 0 aromatic heterocycles. The number of methoxy groups -OCH3 is 1. The van der Waals surface area contributed by atoms with Gasteiger partial charge in [0, 0.05) is 12.1 Å². The Labute approximate surface area is 117 Å². The van der Waals surface area contributed by atoms with Gasteiger partial charge in [-0.3, -0.25) is 0 Å². The number of hydrogen-bond acceptors (Lipinski definition) is 3. The molecule has 1 N–H and O–H groups in total. The predicted molar refractivity (Wildman–Crippen MR) is 71.1 cm³/mol. The summed E-state index contributed by atoms with van der Waals surface area (Å²) in [6.07, 6.45) is -4.37. The molecule has 0 unspecified atom stereocenters. The highest BCUT2D eigenvalue weighted by molar-refractivity contribution is 5.46. The zero-order valence-corrected chi connectivity index (χ0v) is 11.9. The highest BCUT2D eigenvalue weighted by atomic mass is 19.4. The van der Waals surface area contributed by atoms with Gasteiger partial charge < -0.3 is 14.8 Å². The SMILES string of the molecule is COc1cccc(CNCC(C)C)c1OCC(F)(F)F. The van der Waals surface area contributed by atoms with E-state index in [1.54, 1.807) is 18.2 Å². The minimum atomic E-state index is -4.37. The average Bonchev–Trinajstić information content (AvgIpc) is 2.35. The Morgan fingerprint density at radius 2 is 1.95 bits per heavy atom. The van der Waals surface area contributed by atoms with Crippen molar-refractivity contribution in [1.82, 2.24) is 5.32 Å². The van der Waals surface area contributed by atoms with Crippen LogP contribution in [0.1, 0.15) is 19.4 Å². The third kappa shape index (κ3) is 5.69. The molecule has 0 aliphatic carbocycles. The molecule has 1 aromatic rings. The first-order valence-electron chi connectivity index (χ1n) is 6.39. The lowest BCUT2D eigenvalue weighted by atomic mass is 10.1. The minimum absolute atomic E-state index is 0.142. The van der Waals surface area contributed by atoms with Crippen LogP contribution >= 0.6 is 0 Å². The normalized spacial score (nSPS) is 11.8. The first-order chi connectivity index (χ1) is 9.33. The quantitative estimate of drug-likeness (QED) is 0.835. The molecule has 1 aromatic carbocycles. The summed E-state index contributed by atoms with van der Waals surface area (Å²) in [5.74, 6) is 0.904. The number of ether oxygens (including phenoxy) is 2. The number of nitrogens with one attached hydrogen (secondary N) is 1. The largest absolute Gasteiger partial charge is 0.493 e. The van der Waals surface area contributed by atoms with Crippen LogP contribution in [0, 0.1) is 5.92 Å². The van der Waals surface area contributed by atoms with Crippen molar-refractivity contribution >= 4 is 0 Å². The molecule has 6 heteroatoms. The summed E-state index contributed by atoms with van der Waals surface area (Å²) in [6, 6.07) is 5.03. The van der Waals surface area contributed by atoms with E-state index in [0.717, 1.165) is 6.54 Å². The van der Waals surface area contributed by atoms with Gasteiger partial charge in [-0.1, -0.05) is 26.0 Å². The van der Waals surface area contributed by atoms with Crippen LogP contribution in [0.4, 0.5) is 13.2 Å². The number of alkyl halides is 3. The standard InChI is InChI=1S/C14H20F3NO2/c1-10(2)7-18-8-11-5-4-6-12(19-3)13(11)20-9-14(15,16)17/h4-6,10,18H,7-9H2,1-3H3. The lowest BCUT2D eigenvalue weighted by molar-refractivity contribution is -0.153. The van der Waals surface area contributed by atoms with E-state index in [1.165, 1.54) is 7.11 Å². The molecule has 1 rings (SSSR count). The Morgan fingerprint density at radius 3 is 2.50 bits per heavy atom. The number of hydrogen-bond donors (Lipinski definition) is 1. The molecule has 0 saturated carbocycles. The second kappa shape index (κ2) is 7.38. The van der Waals surface area contributed by atoms with E-state index in [0.29, 0.717) is 23.8 Å². The minimum Gasteiger partial charge on any atom is -0.493 e. The molecule has 20 heavy (non-hydrogen) atoms. The van der Waals surface area contributed by atoms with Crippen molar-refractivity contribution in [2.45, 2.75) is 26.6 Å². The lowest BCUT2D eigenvalue weighted by Crippen LogP contribution is -2.22. The fourth-order valence-electron chi connectivity index (χ4n) is 1.67. The van der Waals surface area contributed by atoms with Crippen LogP contribution in [0.5, 0.6) is 11.5 Å². The Kier molecular flexibility index (Phi) is 6.13. The van der Waals surface area contributed by atoms with Gasteiger partial charge in [0.25, 0.3) is 0 Å². The molecule has 0 bridgehead atoms. The van der Waals surface area contributed by atoms with Gasteiger partial charge in [0.1, 0.15) is 0 Å². The Bertz CT molecular complexity index is 419. The van der Waals surface area contributed by atoms with Gasteiger partial charge in [0.2, 0.25) is 0 Å². The third-order valence-electron chi connectivity index (χ3n) is 2.53. The second-order valence-corrected chi connectivity index (χ2v) is 4.88. The lowest BCUT2D eigenvalue weighted by Gasteiger charge is -2.17. The van der Waals surface area contributed by atoms with Crippen LogP contribution in [0.15, 0.2) is 18.2 Å². The molecule has 3 nitrogen and oxygen atoms in total. The zero-order chi connectivity index (χ0) is 15.2. The Balaban J connectivity index is 2.81. The van der Waals surface area contributed by atoms with Crippen molar-refractivity contribution in [3.8, 4) is 11.5 Å². The molecule has 0 heterocycles. The van der Waals surface area contributed by atoms with E-state index in [-0.39, 0.29) is 5.75 Å². The van der Waals surface area contributed by atoms with Gasteiger partial charge in [-0.15, -0.1) is 0 Å². The molecule has 0 spiro atoms. The summed E-state index contributed by atoms with van der Waals surface area (Å²) < 4.78 is 46.8. The van der Waals surface area contributed by atoms with E-state index in [1.807, 2.05) is 0 Å². The number of para-hydroxylation sites is 1. The summed E-state index contributed by atoms with van der Waals surface area (Å²) in [4.78, 5) is 0. The summed E-state index contributed by atoms with van der Waals surface area (Å²) in [7, 11) is 1.40. The number of benzene rings is 1. The van der Waals surface area contributed by atoms with E-state index in [4.69, 9.17) is 9.47 Å². The van der Waals surface area contributed by atoms with Crippen molar-refractivity contribution in [3.63, 3.8) is 0 Å². The maximum Gasteiger partial charge on any atom is 0.422 e. The van der Waals surface area contributed by atoms with Gasteiger partial charge in [-0.2, -0.15) is 13.2 Å². The van der Waals surface area contributed by atoms with Gasteiger partial charge in [0.15, 0.2) is 18.1 Å². The van der Waals surface area contributed by atoms with Crippen LogP contribution in [0.25, 0.3) is 0 Å². The third-order valence-corrected chi connectivity index (χ3v) is 2.53. The van der Waals surface area contributed by atoms with Gasteiger partial charge in [0.05, 0.1) is 7.11 Å². The van der Waals surface area contributed by atoms with Crippen molar-refractivity contribution < 1.29 is 22.6 Å². The van der Waals surface area contributed by atoms with Crippen LogP contribution in [-0.2, 0) is 6.54 Å². The maximum absolute atomic E-state index is 12.3. The van der Waals surface area contributed by atoms with Crippen molar-refractivity contribution in [1.29, 1.82) is 0 Å². The number of halogens is 3. The summed E-state index contributed by atoms with van der Waals surface area (Å²) >= 11 is 0. The van der Waals surface area contributed by atoms with E-state index >= 15 is 0 Å². The smallest absolute Gasteiger partial charge is 0.422 e. The molecule has 0 aliphatic rings. The van der Waals surface area contributed by atoms with E-state index in [2.05, 4.69) is 19.2 Å². The topological polar surface area (TPSA) is 30.5 Å². The van der Waals surface area contributed by atoms with E-state index in [9.17, 15) is 13.2 Å². The van der Waals surface area contributed by atoms with Crippen LogP contribution < -0.4 is 14.8 Å². The van der Waals surface area contributed by atoms with Crippen LogP contribution in [0.3, 0.4) is 0 Å². The predicted octanol–water partition coefficient (Wildman–Crippen LogP) is 3.38. The highest BCUT2D eigenvalue weighted by Gasteiger charge is 2.29. The van der Waals surface area contributed by atoms with Crippen molar-refractivity contribution in [3.05, 3.63) is 23.8 Å². The molecule has 0 radical (unpaired) electrons. The van der Waals surface area contributed by atoms with E-state index < -0.39 is 12.8 Å². The molecule has 0 amide bonds. The monoisotopic (exact) mass is 291 g/mol. The highest BCUT2D eigenvalue weighted by Crippen LogP contribution is 2.32. The van der Waals surface area contributed by atoms with Crippen LogP contribution in [0.2, 0.25) is 0 Å². The maximum atomic E-state index is 12.3. The molecule has 0 atom stereocenters. The Hall–Kier alpha value is -1.43. The molecule has 0 saturated heterocycles. The number of rotatable bonds is 7. The fourth-order valence-corrected chi connectivity index (χ4v) is 1.67. The molecular weight excluding hydrogens is 271 g/mol. The van der Waals surface area contributed by atoms with Gasteiger partial charge in [-0.05, 0) is 18.5 Å². The summed E-state index contributed by atoms with van der Waals surface area (Å²) in [6.45, 7) is 3.99. The van der Waals surface area contributed by atoms with Gasteiger partial charge in [-0.25, -0.2) is 0 Å². The summed E-state index contributed by atoms with van der Waals surface area (Å²) in [5, 5.41) is 3.17. The van der Waals surface area contributed by atoms with Gasteiger partial charge >= 0.3 is 6.18 Å². The first kappa shape index (κ1) is 16.6. The van der Waals surface area contributed by atoms with Crippen molar-refractivity contribution in [2.75, 3.05) is 20.3 Å². The van der Waals surface area contributed by atoms with Crippen LogP contribution in [-0.4, -0.2) is 26.4 Å². The fraction of sp³-hybridized carbons (Fsp3) is 0.571. The average molecular weight is 291 g/mol. The molecule has 0 aliphatic heterocycles.